The maximum Gasteiger partial charge on any atom is 0.0631 e. The van der Waals surface area contributed by atoms with Gasteiger partial charge in [0.05, 0.1) is 16.6 Å². The summed E-state index contributed by atoms with van der Waals surface area (Å²) in [6.45, 7) is 0. The lowest BCUT2D eigenvalue weighted by molar-refractivity contribution is 1.37. The summed E-state index contributed by atoms with van der Waals surface area (Å²) in [5.74, 6) is 0. The zero-order valence-corrected chi connectivity index (χ0v) is 12.8. The summed E-state index contributed by atoms with van der Waals surface area (Å²) in [5, 5.41) is 5.43. The number of nitrogens with zero attached hydrogens (tertiary/aromatic N) is 1. The van der Waals surface area contributed by atoms with Gasteiger partial charge in [0.1, 0.15) is 0 Å². The highest BCUT2D eigenvalue weighted by atomic mass is 127. The van der Waals surface area contributed by atoms with Gasteiger partial charge in [0, 0.05) is 25.1 Å². The van der Waals surface area contributed by atoms with Crippen LogP contribution in [0.1, 0.15) is 0 Å². The van der Waals surface area contributed by atoms with Gasteiger partial charge in [-0.15, -0.1) is 0 Å². The molecule has 0 N–H and O–H groups in total. The van der Waals surface area contributed by atoms with Crippen molar-refractivity contribution >= 4 is 60.7 Å². The van der Waals surface area contributed by atoms with Crippen LogP contribution in [-0.2, 0) is 0 Å². The van der Waals surface area contributed by atoms with Gasteiger partial charge in [-0.1, -0.05) is 42.5 Å². The highest BCUT2D eigenvalue weighted by molar-refractivity contribution is 14.1. The normalized spacial score (nSPS) is 12.2. The van der Waals surface area contributed by atoms with Gasteiger partial charge in [0.2, 0.25) is 0 Å². The highest BCUT2D eigenvalue weighted by Gasteiger charge is 2.17. The lowest BCUT2D eigenvalue weighted by Gasteiger charge is -1.97. The van der Waals surface area contributed by atoms with Crippen molar-refractivity contribution in [2.24, 2.45) is 0 Å². The second-order valence-corrected chi connectivity index (χ2v) is 6.35. The Morgan fingerprint density at radius 3 is 2.10 bits per heavy atom. The molecule has 0 aliphatic carbocycles. The third-order valence-electron chi connectivity index (χ3n) is 4.20. The Morgan fingerprint density at radius 1 is 0.650 bits per heavy atom. The number of benzene rings is 3. The predicted molar refractivity (Wildman–Crippen MR) is 93.8 cm³/mol. The molecule has 3 aromatic carbocycles. The number of aromatic nitrogens is 1. The van der Waals surface area contributed by atoms with Crippen molar-refractivity contribution < 1.29 is 0 Å². The average Bonchev–Trinajstić information content (AvgIpc) is 2.99. The van der Waals surface area contributed by atoms with Crippen LogP contribution in [0.3, 0.4) is 0 Å². The highest BCUT2D eigenvalue weighted by Crippen LogP contribution is 2.40. The molecule has 0 amide bonds. The van der Waals surface area contributed by atoms with Gasteiger partial charge in [0.15, 0.2) is 0 Å². The van der Waals surface area contributed by atoms with Crippen molar-refractivity contribution in [2.45, 2.75) is 0 Å². The first-order valence-electron chi connectivity index (χ1n) is 6.68. The molecule has 5 aromatic rings. The third-order valence-corrected chi connectivity index (χ3v) is 5.10. The molecule has 1 nitrogen and oxygen atoms in total. The molecule has 0 fully saturated rings. The van der Waals surface area contributed by atoms with Crippen LogP contribution in [0, 0.1) is 3.57 Å². The van der Waals surface area contributed by atoms with Gasteiger partial charge in [-0.3, -0.25) is 0 Å². The van der Waals surface area contributed by atoms with Crippen molar-refractivity contribution in [2.75, 3.05) is 0 Å². The van der Waals surface area contributed by atoms with E-state index in [2.05, 4.69) is 87.7 Å². The van der Waals surface area contributed by atoms with Crippen LogP contribution < -0.4 is 0 Å². The standard InChI is InChI=1S/C18H10IN/c19-14-10-9-12-11-5-1-3-7-15(11)20-16-8-4-2-6-13(16)17(14)18(12)20/h1-10H. The Bertz CT molecular complexity index is 1100. The first-order chi connectivity index (χ1) is 9.86. The second kappa shape index (κ2) is 3.64. The van der Waals surface area contributed by atoms with Crippen molar-refractivity contribution in [1.29, 1.82) is 0 Å². The fourth-order valence-corrected chi connectivity index (χ4v) is 4.15. The Labute approximate surface area is 129 Å². The van der Waals surface area contributed by atoms with Crippen LogP contribution in [0.2, 0.25) is 0 Å². The SMILES string of the molecule is Ic1ccc2c3ccccc3n3c4ccccc4c1c23. The van der Waals surface area contributed by atoms with Gasteiger partial charge in [-0.05, 0) is 40.8 Å². The molecule has 94 valence electrons. The largest absolute Gasteiger partial charge is 0.308 e. The molecule has 2 aromatic heterocycles. The lowest BCUT2D eigenvalue weighted by Crippen LogP contribution is -1.78. The van der Waals surface area contributed by atoms with E-state index < -0.39 is 0 Å². The fraction of sp³-hybridized carbons (Fsp3) is 0. The second-order valence-electron chi connectivity index (χ2n) is 5.19. The Hall–Kier alpha value is -1.81. The Balaban J connectivity index is 2.32. The number of hydrogen-bond donors (Lipinski definition) is 0. The summed E-state index contributed by atoms with van der Waals surface area (Å²) in [6, 6.07) is 21.9. The van der Waals surface area contributed by atoms with Crippen LogP contribution in [0.4, 0.5) is 0 Å². The minimum absolute atomic E-state index is 1.30. The van der Waals surface area contributed by atoms with E-state index in [1.807, 2.05) is 0 Å². The molecule has 0 saturated heterocycles. The van der Waals surface area contributed by atoms with Crippen LogP contribution in [0.15, 0.2) is 60.7 Å². The lowest BCUT2D eigenvalue weighted by atomic mass is 10.1. The third kappa shape index (κ3) is 1.14. The van der Waals surface area contributed by atoms with Crippen LogP contribution in [0.25, 0.3) is 38.1 Å². The Morgan fingerprint density at radius 2 is 1.30 bits per heavy atom. The van der Waals surface area contributed by atoms with Crippen molar-refractivity contribution in [1.82, 2.24) is 4.40 Å². The number of rotatable bonds is 0. The van der Waals surface area contributed by atoms with Gasteiger partial charge in [-0.25, -0.2) is 0 Å². The quantitative estimate of drug-likeness (QED) is 0.321. The van der Waals surface area contributed by atoms with Crippen LogP contribution in [-0.4, -0.2) is 4.40 Å². The van der Waals surface area contributed by atoms with E-state index in [4.69, 9.17) is 0 Å². The smallest absolute Gasteiger partial charge is 0.0631 e. The summed E-state index contributed by atoms with van der Waals surface area (Å²) < 4.78 is 3.74. The van der Waals surface area contributed by atoms with E-state index in [-0.39, 0.29) is 0 Å². The number of hydrogen-bond acceptors (Lipinski definition) is 0. The number of fused-ring (bicyclic) bond motifs is 6. The molecular formula is C18H10IN. The summed E-state index contributed by atoms with van der Waals surface area (Å²) >= 11 is 2.45. The topological polar surface area (TPSA) is 4.41 Å². The van der Waals surface area contributed by atoms with E-state index >= 15 is 0 Å². The average molecular weight is 367 g/mol. The molecule has 0 unspecified atom stereocenters. The monoisotopic (exact) mass is 367 g/mol. The molecule has 0 saturated carbocycles. The number of para-hydroxylation sites is 2. The maximum atomic E-state index is 2.45. The molecule has 2 heterocycles. The van der Waals surface area contributed by atoms with Crippen molar-refractivity contribution in [3.05, 3.63) is 64.2 Å². The van der Waals surface area contributed by atoms with Gasteiger partial charge >= 0.3 is 0 Å². The first kappa shape index (κ1) is 10.9. The minimum Gasteiger partial charge on any atom is -0.308 e. The van der Waals surface area contributed by atoms with Gasteiger partial charge < -0.3 is 4.40 Å². The molecule has 0 bridgehead atoms. The molecule has 20 heavy (non-hydrogen) atoms. The summed E-state index contributed by atoms with van der Waals surface area (Å²) in [6.07, 6.45) is 0. The molecule has 0 aliphatic rings. The molecule has 2 heteroatoms. The Kier molecular flexibility index (Phi) is 1.99. The molecule has 0 spiro atoms. The zero-order valence-electron chi connectivity index (χ0n) is 10.6. The van der Waals surface area contributed by atoms with Crippen molar-refractivity contribution in [3.8, 4) is 0 Å². The van der Waals surface area contributed by atoms with E-state index in [0.29, 0.717) is 0 Å². The van der Waals surface area contributed by atoms with Gasteiger partial charge in [0.25, 0.3) is 0 Å². The summed E-state index contributed by atoms with van der Waals surface area (Å²) in [5.41, 5.74) is 3.97. The molecular weight excluding hydrogens is 357 g/mol. The molecule has 0 aliphatic heterocycles. The van der Waals surface area contributed by atoms with Crippen LogP contribution >= 0.6 is 22.6 Å². The van der Waals surface area contributed by atoms with E-state index in [1.54, 1.807) is 0 Å². The van der Waals surface area contributed by atoms with Crippen molar-refractivity contribution in [3.63, 3.8) is 0 Å². The first-order valence-corrected chi connectivity index (χ1v) is 7.75. The maximum absolute atomic E-state index is 2.45. The van der Waals surface area contributed by atoms with E-state index in [1.165, 1.54) is 41.7 Å². The molecule has 5 rings (SSSR count). The number of halogens is 1. The minimum atomic E-state index is 1.30. The van der Waals surface area contributed by atoms with E-state index in [0.717, 1.165) is 0 Å². The van der Waals surface area contributed by atoms with Gasteiger partial charge in [-0.2, -0.15) is 0 Å². The summed E-state index contributed by atoms with van der Waals surface area (Å²) in [4.78, 5) is 0. The molecule has 0 radical (unpaired) electrons. The predicted octanol–water partition coefficient (Wildman–Crippen LogP) is 5.44. The van der Waals surface area contributed by atoms with E-state index in [9.17, 15) is 0 Å². The van der Waals surface area contributed by atoms with Crippen LogP contribution in [0.5, 0.6) is 0 Å². The zero-order chi connectivity index (χ0) is 13.3. The fourth-order valence-electron chi connectivity index (χ4n) is 3.42. The molecule has 0 atom stereocenters. The summed E-state index contributed by atoms with van der Waals surface area (Å²) in [7, 11) is 0.